The molecule has 0 spiro atoms. The molecule has 1 fully saturated rings. The number of nitrogens with zero attached hydrogens (tertiary/aromatic N) is 2. The third-order valence-electron chi connectivity index (χ3n) is 5.16. The molecular weight excluding hydrogens is 397 g/mol. The minimum absolute atomic E-state index is 0.131. The number of piperidine rings is 1. The fourth-order valence-electron chi connectivity index (χ4n) is 3.59. The molecule has 2 heterocycles. The number of nitrogens with one attached hydrogen (secondary N) is 1. The van der Waals surface area contributed by atoms with Crippen LogP contribution in [0.4, 0.5) is 10.1 Å². The van der Waals surface area contributed by atoms with Crippen molar-refractivity contribution in [1.29, 1.82) is 0 Å². The van der Waals surface area contributed by atoms with Crippen LogP contribution < -0.4 is 10.1 Å². The molecular formula is C24H22FN3O3. The number of hydrogen-bond acceptors (Lipinski definition) is 4. The number of hydrogen-bond donors (Lipinski definition) is 1. The summed E-state index contributed by atoms with van der Waals surface area (Å²) >= 11 is 0. The number of halogens is 1. The Labute approximate surface area is 179 Å². The third-order valence-corrected chi connectivity index (χ3v) is 5.16. The van der Waals surface area contributed by atoms with Gasteiger partial charge in [-0.3, -0.25) is 14.6 Å². The van der Waals surface area contributed by atoms with Crippen molar-refractivity contribution in [3.63, 3.8) is 0 Å². The van der Waals surface area contributed by atoms with Gasteiger partial charge in [0, 0.05) is 24.6 Å². The van der Waals surface area contributed by atoms with Crippen LogP contribution in [0.1, 0.15) is 29.6 Å². The van der Waals surface area contributed by atoms with E-state index in [0.29, 0.717) is 30.0 Å². The molecule has 2 aromatic carbocycles. The zero-order valence-electron chi connectivity index (χ0n) is 16.8. The Balaban J connectivity index is 1.43. The maximum absolute atomic E-state index is 13.7. The third kappa shape index (κ3) is 4.88. The molecule has 1 aliphatic heterocycles. The number of para-hydroxylation sites is 1. The smallest absolute Gasteiger partial charge is 0.256 e. The number of pyridine rings is 1. The van der Waals surface area contributed by atoms with Crippen molar-refractivity contribution in [3.05, 3.63) is 84.4 Å². The summed E-state index contributed by atoms with van der Waals surface area (Å²) in [7, 11) is 0. The van der Waals surface area contributed by atoms with Crippen LogP contribution in [0.25, 0.3) is 0 Å². The topological polar surface area (TPSA) is 71.5 Å². The van der Waals surface area contributed by atoms with E-state index in [1.165, 1.54) is 12.3 Å². The number of anilines is 1. The van der Waals surface area contributed by atoms with E-state index >= 15 is 0 Å². The van der Waals surface area contributed by atoms with Crippen molar-refractivity contribution < 1.29 is 18.7 Å². The largest absolute Gasteiger partial charge is 0.454 e. The summed E-state index contributed by atoms with van der Waals surface area (Å²) in [5, 5.41) is 2.87. The highest BCUT2D eigenvalue weighted by atomic mass is 19.1. The summed E-state index contributed by atoms with van der Waals surface area (Å²) in [5.41, 5.74) is 1.04. The Morgan fingerprint density at radius 3 is 2.58 bits per heavy atom. The van der Waals surface area contributed by atoms with Gasteiger partial charge in [0.2, 0.25) is 5.91 Å². The number of aromatic nitrogens is 1. The molecule has 7 heteroatoms. The predicted octanol–water partition coefficient (Wildman–Crippen LogP) is 4.65. The molecule has 2 amide bonds. The van der Waals surface area contributed by atoms with Gasteiger partial charge in [0.15, 0.2) is 11.6 Å². The molecule has 0 bridgehead atoms. The van der Waals surface area contributed by atoms with E-state index in [0.717, 1.165) is 12.8 Å². The van der Waals surface area contributed by atoms with Gasteiger partial charge in [-0.1, -0.05) is 12.1 Å². The first-order valence-electron chi connectivity index (χ1n) is 10.2. The fraction of sp³-hybridized carbons (Fsp3) is 0.208. The van der Waals surface area contributed by atoms with Crippen molar-refractivity contribution in [3.8, 4) is 11.5 Å². The highest BCUT2D eigenvalue weighted by Gasteiger charge is 2.32. The van der Waals surface area contributed by atoms with Gasteiger partial charge in [0.05, 0.1) is 5.56 Å². The molecule has 0 aliphatic carbocycles. The lowest BCUT2D eigenvalue weighted by molar-refractivity contribution is -0.121. The lowest BCUT2D eigenvalue weighted by Gasteiger charge is -2.34. The van der Waals surface area contributed by atoms with Crippen LogP contribution in [0.3, 0.4) is 0 Å². The minimum atomic E-state index is -0.546. The quantitative estimate of drug-likeness (QED) is 0.654. The maximum Gasteiger partial charge on any atom is 0.256 e. The SMILES string of the molecule is O=C(Nc1ccc(Oc2ccccc2F)cc1)C1CCCCN1C(=O)c1cccnc1. The number of carbonyl (C=O) groups is 2. The Morgan fingerprint density at radius 2 is 1.84 bits per heavy atom. The molecule has 1 aliphatic rings. The standard InChI is InChI=1S/C24H22FN3O3/c25-20-7-1-2-9-22(20)31-19-12-10-18(11-13-19)27-23(29)21-8-3-4-15-28(21)24(30)17-6-5-14-26-16-17/h1-2,5-7,9-14,16,21H,3-4,8,15H2,(H,27,29). The summed E-state index contributed by atoms with van der Waals surface area (Å²) in [4.78, 5) is 31.4. The number of amides is 2. The Hall–Kier alpha value is -3.74. The summed E-state index contributed by atoms with van der Waals surface area (Å²) < 4.78 is 19.3. The van der Waals surface area contributed by atoms with Gasteiger partial charge in [-0.2, -0.15) is 0 Å². The van der Waals surface area contributed by atoms with E-state index in [-0.39, 0.29) is 17.6 Å². The molecule has 1 saturated heterocycles. The highest BCUT2D eigenvalue weighted by molar-refractivity contribution is 6.01. The number of rotatable bonds is 5. The van der Waals surface area contributed by atoms with Crippen molar-refractivity contribution >= 4 is 17.5 Å². The zero-order valence-corrected chi connectivity index (χ0v) is 16.8. The van der Waals surface area contributed by atoms with Crippen molar-refractivity contribution in [2.75, 3.05) is 11.9 Å². The van der Waals surface area contributed by atoms with Crippen molar-refractivity contribution in [2.45, 2.75) is 25.3 Å². The van der Waals surface area contributed by atoms with E-state index in [1.54, 1.807) is 65.7 Å². The maximum atomic E-state index is 13.7. The van der Waals surface area contributed by atoms with Crippen LogP contribution in [0, 0.1) is 5.82 Å². The summed E-state index contributed by atoms with van der Waals surface area (Å²) in [6, 6.07) is 15.7. The number of benzene rings is 2. The first kappa shape index (κ1) is 20.5. The summed E-state index contributed by atoms with van der Waals surface area (Å²) in [6.07, 6.45) is 5.46. The molecule has 3 aromatic rings. The van der Waals surface area contributed by atoms with E-state index in [1.807, 2.05) is 0 Å². The van der Waals surface area contributed by atoms with E-state index in [9.17, 15) is 14.0 Å². The molecule has 6 nitrogen and oxygen atoms in total. The predicted molar refractivity (Wildman–Crippen MR) is 114 cm³/mol. The molecule has 1 unspecified atom stereocenters. The molecule has 0 radical (unpaired) electrons. The van der Waals surface area contributed by atoms with E-state index in [2.05, 4.69) is 10.3 Å². The zero-order chi connectivity index (χ0) is 21.6. The molecule has 4 rings (SSSR count). The van der Waals surface area contributed by atoms with Crippen LogP contribution in [-0.2, 0) is 4.79 Å². The van der Waals surface area contributed by atoms with Crippen molar-refractivity contribution in [2.24, 2.45) is 0 Å². The Kier molecular flexibility index (Phi) is 6.21. The van der Waals surface area contributed by atoms with Gasteiger partial charge in [0.1, 0.15) is 11.8 Å². The lowest BCUT2D eigenvalue weighted by Crippen LogP contribution is -2.50. The van der Waals surface area contributed by atoms with E-state index < -0.39 is 11.9 Å². The minimum Gasteiger partial charge on any atom is -0.454 e. The van der Waals surface area contributed by atoms with Crippen LogP contribution in [0.2, 0.25) is 0 Å². The fourth-order valence-corrected chi connectivity index (χ4v) is 3.59. The average Bonchev–Trinajstić information content (AvgIpc) is 2.82. The highest BCUT2D eigenvalue weighted by Crippen LogP contribution is 2.26. The first-order valence-corrected chi connectivity index (χ1v) is 10.2. The van der Waals surface area contributed by atoms with Gasteiger partial charge in [0.25, 0.3) is 5.91 Å². The molecule has 1 aromatic heterocycles. The van der Waals surface area contributed by atoms with Crippen LogP contribution in [-0.4, -0.2) is 34.3 Å². The van der Waals surface area contributed by atoms with Gasteiger partial charge < -0.3 is 15.0 Å². The molecule has 158 valence electrons. The number of carbonyl (C=O) groups excluding carboxylic acids is 2. The second-order valence-electron chi connectivity index (χ2n) is 7.30. The second-order valence-corrected chi connectivity index (χ2v) is 7.30. The normalized spacial score (nSPS) is 15.9. The number of likely N-dealkylation sites (tertiary alicyclic amines) is 1. The van der Waals surface area contributed by atoms with Crippen LogP contribution >= 0.6 is 0 Å². The van der Waals surface area contributed by atoms with Gasteiger partial charge in [-0.25, -0.2) is 4.39 Å². The van der Waals surface area contributed by atoms with Gasteiger partial charge in [-0.15, -0.1) is 0 Å². The number of ether oxygens (including phenoxy) is 1. The Bertz CT molecular complexity index is 1060. The summed E-state index contributed by atoms with van der Waals surface area (Å²) in [5.74, 6) is -0.294. The molecule has 0 saturated carbocycles. The molecule has 1 atom stereocenters. The van der Waals surface area contributed by atoms with E-state index in [4.69, 9.17) is 4.74 Å². The van der Waals surface area contributed by atoms with Crippen LogP contribution in [0.15, 0.2) is 73.1 Å². The van der Waals surface area contributed by atoms with Gasteiger partial charge >= 0.3 is 0 Å². The van der Waals surface area contributed by atoms with Crippen molar-refractivity contribution in [1.82, 2.24) is 9.88 Å². The monoisotopic (exact) mass is 419 g/mol. The lowest BCUT2D eigenvalue weighted by atomic mass is 10.00. The molecule has 1 N–H and O–H groups in total. The first-order chi connectivity index (χ1) is 15.1. The summed E-state index contributed by atoms with van der Waals surface area (Å²) in [6.45, 7) is 0.529. The van der Waals surface area contributed by atoms with Crippen LogP contribution in [0.5, 0.6) is 11.5 Å². The average molecular weight is 419 g/mol. The second kappa shape index (κ2) is 9.38. The molecule has 31 heavy (non-hydrogen) atoms. The van der Waals surface area contributed by atoms with Gasteiger partial charge in [-0.05, 0) is 67.8 Å². The Morgan fingerprint density at radius 1 is 1.03 bits per heavy atom.